The zero-order valence-electron chi connectivity index (χ0n) is 26.6. The average Bonchev–Trinajstić information content (AvgIpc) is 3.06. The Kier molecular flexibility index (Phi) is 14.0. The molecule has 0 fully saturated rings. The van der Waals surface area contributed by atoms with Crippen LogP contribution in [0.3, 0.4) is 0 Å². The third-order valence-corrected chi connectivity index (χ3v) is 8.59. The molecule has 0 spiro atoms. The van der Waals surface area contributed by atoms with Gasteiger partial charge >= 0.3 is 0 Å². The molecule has 1 N–H and O–H groups in total. The lowest BCUT2D eigenvalue weighted by Gasteiger charge is -2.44. The van der Waals surface area contributed by atoms with Gasteiger partial charge in [-0.15, -0.1) is 0 Å². The SMILES string of the molecule is C=CC(=O)NCCC[N+](CCC)(CCC)CCC.c1ccc([B-](c2ccccc2)(c2ccccc2)c2ccccc2)cc1. The van der Waals surface area contributed by atoms with Gasteiger partial charge in [0, 0.05) is 13.0 Å². The van der Waals surface area contributed by atoms with Crippen LogP contribution in [0.25, 0.3) is 0 Å². The fourth-order valence-corrected chi connectivity index (χ4v) is 6.91. The van der Waals surface area contributed by atoms with Crippen LogP contribution in [0.4, 0.5) is 0 Å². The van der Waals surface area contributed by atoms with Crippen LogP contribution in [-0.4, -0.2) is 49.3 Å². The number of nitrogens with zero attached hydrogens (tertiary/aromatic N) is 1. The van der Waals surface area contributed by atoms with E-state index in [1.807, 2.05) is 0 Å². The Morgan fingerprint density at radius 2 is 0.930 bits per heavy atom. The van der Waals surface area contributed by atoms with Crippen molar-refractivity contribution in [2.75, 3.05) is 32.7 Å². The van der Waals surface area contributed by atoms with Crippen LogP contribution in [0.15, 0.2) is 134 Å². The number of carbonyl (C=O) groups excluding carboxylic acids is 1. The lowest BCUT2D eigenvalue weighted by atomic mass is 9.13. The molecule has 0 radical (unpaired) electrons. The normalized spacial score (nSPS) is 11.2. The highest BCUT2D eigenvalue weighted by molar-refractivity contribution is 7.19. The summed E-state index contributed by atoms with van der Waals surface area (Å²) in [6.45, 7) is 16.0. The van der Waals surface area contributed by atoms with Crippen LogP contribution in [0.2, 0.25) is 0 Å². The summed E-state index contributed by atoms with van der Waals surface area (Å²) in [7, 11) is 0. The van der Waals surface area contributed by atoms with Crippen molar-refractivity contribution < 1.29 is 9.28 Å². The summed E-state index contributed by atoms with van der Waals surface area (Å²) < 4.78 is 1.22. The molecule has 0 aliphatic rings. The fourth-order valence-electron chi connectivity index (χ4n) is 6.91. The minimum Gasteiger partial charge on any atom is -0.352 e. The number of hydrogen-bond donors (Lipinski definition) is 1. The molecule has 0 aliphatic heterocycles. The predicted molar refractivity (Wildman–Crippen MR) is 188 cm³/mol. The number of rotatable bonds is 15. The topological polar surface area (TPSA) is 29.1 Å². The van der Waals surface area contributed by atoms with Crippen molar-refractivity contribution in [2.45, 2.75) is 46.5 Å². The number of benzene rings is 4. The van der Waals surface area contributed by atoms with Crippen molar-refractivity contribution in [1.29, 1.82) is 0 Å². The zero-order valence-corrected chi connectivity index (χ0v) is 26.6. The summed E-state index contributed by atoms with van der Waals surface area (Å²) in [5, 5.41) is 2.86. The molecule has 0 aromatic heterocycles. The largest absolute Gasteiger partial charge is 0.352 e. The molecule has 0 unspecified atom stereocenters. The van der Waals surface area contributed by atoms with Gasteiger partial charge in [0.2, 0.25) is 5.91 Å². The molecule has 0 heterocycles. The summed E-state index contributed by atoms with van der Waals surface area (Å²) in [5.74, 6) is -0.0606. The summed E-state index contributed by atoms with van der Waals surface area (Å²) in [4.78, 5) is 11.1. The Balaban J connectivity index is 0.000000251. The number of amides is 1. The van der Waals surface area contributed by atoms with Crippen LogP contribution < -0.4 is 27.2 Å². The van der Waals surface area contributed by atoms with Gasteiger partial charge in [0.25, 0.3) is 0 Å². The predicted octanol–water partition coefficient (Wildman–Crippen LogP) is 5.79. The third kappa shape index (κ3) is 9.05. The van der Waals surface area contributed by atoms with Crippen molar-refractivity contribution in [3.8, 4) is 0 Å². The number of nitrogens with one attached hydrogen (secondary N) is 1. The molecular formula is C39H51BN2O. The lowest BCUT2D eigenvalue weighted by molar-refractivity contribution is -0.928. The van der Waals surface area contributed by atoms with E-state index in [2.05, 4.69) is 154 Å². The van der Waals surface area contributed by atoms with E-state index in [1.54, 1.807) is 0 Å². The van der Waals surface area contributed by atoms with E-state index in [0.29, 0.717) is 0 Å². The van der Waals surface area contributed by atoms with E-state index in [4.69, 9.17) is 0 Å². The van der Waals surface area contributed by atoms with Crippen molar-refractivity contribution in [3.63, 3.8) is 0 Å². The minimum absolute atomic E-state index is 0.0606. The first-order valence-electron chi connectivity index (χ1n) is 16.2. The van der Waals surface area contributed by atoms with Gasteiger partial charge in [-0.3, -0.25) is 4.79 Å². The maximum atomic E-state index is 11.1. The molecule has 4 aromatic rings. The Morgan fingerprint density at radius 3 is 1.21 bits per heavy atom. The van der Waals surface area contributed by atoms with Gasteiger partial charge in [0.05, 0.1) is 26.2 Å². The van der Waals surface area contributed by atoms with Gasteiger partial charge < -0.3 is 9.80 Å². The molecule has 3 nitrogen and oxygen atoms in total. The molecule has 4 aromatic carbocycles. The Hall–Kier alpha value is -3.89. The maximum Gasteiger partial charge on any atom is 0.243 e. The lowest BCUT2D eigenvalue weighted by Crippen LogP contribution is -2.74. The van der Waals surface area contributed by atoms with Gasteiger partial charge in [-0.05, 0) is 25.3 Å². The van der Waals surface area contributed by atoms with Crippen molar-refractivity contribution >= 4 is 33.9 Å². The standard InChI is InChI=1S/C24H20B.C15H30N2O/c1-5-13-21(14-6-1)25(22-15-7-2-8-16-22,23-17-9-3-10-18-23)24-19-11-4-12-20-24;1-5-11-17(12-6-2,13-7-3)14-9-10-16-15(18)8-4/h1-20H;8H,4-7,9-14H2,1-3H3/q-1;/p+1. The summed E-state index contributed by atoms with van der Waals surface area (Å²) >= 11 is 0. The van der Waals surface area contributed by atoms with Gasteiger partial charge in [-0.1, -0.05) is 149 Å². The first-order valence-corrected chi connectivity index (χ1v) is 16.2. The van der Waals surface area contributed by atoms with Gasteiger partial charge in [-0.25, -0.2) is 0 Å². The molecule has 4 heteroatoms. The minimum atomic E-state index is -1.22. The Morgan fingerprint density at radius 1 is 0.605 bits per heavy atom. The van der Waals surface area contributed by atoms with Crippen LogP contribution in [-0.2, 0) is 4.79 Å². The van der Waals surface area contributed by atoms with Crippen LogP contribution >= 0.6 is 0 Å². The monoisotopic (exact) mass is 574 g/mol. The molecule has 0 aliphatic carbocycles. The number of hydrogen-bond acceptors (Lipinski definition) is 1. The molecule has 4 rings (SSSR count). The highest BCUT2D eigenvalue weighted by atomic mass is 16.1. The molecule has 226 valence electrons. The molecule has 0 atom stereocenters. The van der Waals surface area contributed by atoms with E-state index in [0.717, 1.165) is 13.0 Å². The second kappa shape index (κ2) is 17.9. The third-order valence-electron chi connectivity index (χ3n) is 8.59. The van der Waals surface area contributed by atoms with E-state index >= 15 is 0 Å². The number of quaternary nitrogens is 1. The molecule has 0 bridgehead atoms. The van der Waals surface area contributed by atoms with E-state index < -0.39 is 6.15 Å². The molecule has 1 amide bonds. The highest BCUT2D eigenvalue weighted by Gasteiger charge is 2.31. The smallest absolute Gasteiger partial charge is 0.243 e. The van der Waals surface area contributed by atoms with Crippen molar-refractivity contribution in [2.24, 2.45) is 0 Å². The number of carbonyl (C=O) groups is 1. The van der Waals surface area contributed by atoms with Gasteiger partial charge in [0.1, 0.15) is 6.15 Å². The van der Waals surface area contributed by atoms with Crippen molar-refractivity contribution in [1.82, 2.24) is 5.32 Å². The van der Waals surface area contributed by atoms with Gasteiger partial charge in [0.15, 0.2) is 0 Å². The second-order valence-corrected chi connectivity index (χ2v) is 11.6. The van der Waals surface area contributed by atoms with E-state index in [1.165, 1.54) is 77.9 Å². The van der Waals surface area contributed by atoms with E-state index in [-0.39, 0.29) is 5.91 Å². The first-order chi connectivity index (χ1) is 21.1. The Bertz CT molecular complexity index is 1150. The first kappa shape index (κ1) is 33.6. The Labute approximate surface area is 261 Å². The van der Waals surface area contributed by atoms with Crippen LogP contribution in [0.5, 0.6) is 0 Å². The average molecular weight is 575 g/mol. The van der Waals surface area contributed by atoms with Crippen LogP contribution in [0.1, 0.15) is 46.5 Å². The van der Waals surface area contributed by atoms with E-state index in [9.17, 15) is 4.79 Å². The molecule has 0 saturated carbocycles. The fraction of sp³-hybridized carbons (Fsp3) is 0.308. The highest BCUT2D eigenvalue weighted by Crippen LogP contribution is 2.13. The second-order valence-electron chi connectivity index (χ2n) is 11.6. The van der Waals surface area contributed by atoms with Gasteiger partial charge in [-0.2, -0.15) is 21.9 Å². The molecule has 43 heavy (non-hydrogen) atoms. The summed E-state index contributed by atoms with van der Waals surface area (Å²) in [6, 6.07) is 43.5. The maximum absolute atomic E-state index is 11.1. The molecular weight excluding hydrogens is 523 g/mol. The zero-order chi connectivity index (χ0) is 30.8. The van der Waals surface area contributed by atoms with Crippen LogP contribution in [0, 0.1) is 0 Å². The molecule has 0 saturated heterocycles. The summed E-state index contributed by atoms with van der Waals surface area (Å²) in [6.07, 6.45) is 4.88. The quantitative estimate of drug-likeness (QED) is 0.0829. The van der Waals surface area contributed by atoms with Crippen molar-refractivity contribution in [3.05, 3.63) is 134 Å². The summed E-state index contributed by atoms with van der Waals surface area (Å²) in [5.41, 5.74) is 5.36.